The smallest absolute Gasteiger partial charge is 0.218 e. The molecule has 0 radical (unpaired) electrons. The largest absolute Gasteiger partial charge is 0.481 e. The van der Waals surface area contributed by atoms with Crippen molar-refractivity contribution in [3.63, 3.8) is 0 Å². The molecule has 17 heavy (non-hydrogen) atoms. The fourth-order valence-electron chi connectivity index (χ4n) is 1.48. The minimum Gasteiger partial charge on any atom is -0.481 e. The Morgan fingerprint density at radius 2 is 2.29 bits per heavy atom. The van der Waals surface area contributed by atoms with Gasteiger partial charge in [-0.05, 0) is 24.6 Å². The molecule has 0 fully saturated rings. The second-order valence-corrected chi connectivity index (χ2v) is 3.64. The summed E-state index contributed by atoms with van der Waals surface area (Å²) in [7, 11) is 1.61. The van der Waals surface area contributed by atoms with E-state index in [1.807, 2.05) is 25.1 Å². The zero-order valence-corrected chi connectivity index (χ0v) is 9.84. The number of pyridine rings is 1. The molecule has 5 heteroatoms. The first-order valence-corrected chi connectivity index (χ1v) is 5.30. The lowest BCUT2D eigenvalue weighted by atomic mass is 10.2. The van der Waals surface area contributed by atoms with Crippen molar-refractivity contribution in [2.24, 2.45) is 0 Å². The number of hydrogen-bond acceptors (Lipinski definition) is 5. The lowest BCUT2D eigenvalue weighted by molar-refractivity contribution is 0.393. The van der Waals surface area contributed by atoms with Crippen LogP contribution in [0.4, 0.5) is 5.82 Å². The van der Waals surface area contributed by atoms with Gasteiger partial charge >= 0.3 is 0 Å². The highest BCUT2D eigenvalue weighted by molar-refractivity contribution is 5.37. The lowest BCUT2D eigenvalue weighted by Gasteiger charge is -2.08. The van der Waals surface area contributed by atoms with Gasteiger partial charge in [-0.25, -0.2) is 4.98 Å². The van der Waals surface area contributed by atoms with Crippen molar-refractivity contribution in [1.29, 1.82) is 0 Å². The van der Waals surface area contributed by atoms with Crippen LogP contribution in [0.2, 0.25) is 0 Å². The Kier molecular flexibility index (Phi) is 3.49. The van der Waals surface area contributed by atoms with Crippen LogP contribution >= 0.6 is 0 Å². The van der Waals surface area contributed by atoms with Crippen LogP contribution in [0.15, 0.2) is 30.6 Å². The topological polar surface area (TPSA) is 59.9 Å². The zero-order chi connectivity index (χ0) is 12.1. The van der Waals surface area contributed by atoms with Gasteiger partial charge in [-0.1, -0.05) is 6.07 Å². The van der Waals surface area contributed by atoms with Crippen molar-refractivity contribution >= 4 is 5.82 Å². The van der Waals surface area contributed by atoms with Crippen molar-refractivity contribution in [3.05, 3.63) is 41.7 Å². The Bertz CT molecular complexity index is 501. The number of nitrogens with zero attached hydrogens (tertiary/aromatic N) is 3. The van der Waals surface area contributed by atoms with Gasteiger partial charge < -0.3 is 10.1 Å². The Morgan fingerprint density at radius 1 is 1.41 bits per heavy atom. The van der Waals surface area contributed by atoms with Crippen LogP contribution in [0.25, 0.3) is 0 Å². The molecule has 0 saturated carbocycles. The number of aryl methyl sites for hydroxylation is 1. The van der Waals surface area contributed by atoms with E-state index in [4.69, 9.17) is 4.74 Å². The van der Waals surface area contributed by atoms with Gasteiger partial charge in [0.2, 0.25) is 5.88 Å². The van der Waals surface area contributed by atoms with E-state index in [0.717, 1.165) is 16.9 Å². The van der Waals surface area contributed by atoms with E-state index in [9.17, 15) is 0 Å². The summed E-state index contributed by atoms with van der Waals surface area (Å²) in [5.41, 5.74) is 2.05. The highest BCUT2D eigenvalue weighted by Crippen LogP contribution is 2.15. The summed E-state index contributed by atoms with van der Waals surface area (Å²) < 4.78 is 5.17. The lowest BCUT2D eigenvalue weighted by Crippen LogP contribution is -2.04. The number of methoxy groups -OCH3 is 1. The first-order chi connectivity index (χ1) is 8.29. The summed E-state index contributed by atoms with van der Waals surface area (Å²) >= 11 is 0. The van der Waals surface area contributed by atoms with Crippen LogP contribution in [0.3, 0.4) is 0 Å². The molecule has 0 aliphatic carbocycles. The third-order valence-corrected chi connectivity index (χ3v) is 2.29. The standard InChI is InChI=1S/C12H14N4O/c1-9-6-11(16-15-7-9)14-8-10-4-3-5-13-12(10)17-2/h3-7H,8H2,1-2H3,(H,14,16). The summed E-state index contributed by atoms with van der Waals surface area (Å²) in [6.45, 7) is 2.58. The maximum atomic E-state index is 5.17. The third kappa shape index (κ3) is 2.90. The van der Waals surface area contributed by atoms with E-state index >= 15 is 0 Å². The fraction of sp³-hybridized carbons (Fsp3) is 0.250. The van der Waals surface area contributed by atoms with Crippen LogP contribution < -0.4 is 10.1 Å². The second kappa shape index (κ2) is 5.25. The number of ether oxygens (including phenoxy) is 1. The number of aromatic nitrogens is 3. The van der Waals surface area contributed by atoms with E-state index in [1.165, 1.54) is 0 Å². The van der Waals surface area contributed by atoms with Crippen LogP contribution in [0.1, 0.15) is 11.1 Å². The molecule has 2 heterocycles. The van der Waals surface area contributed by atoms with E-state index in [1.54, 1.807) is 19.5 Å². The van der Waals surface area contributed by atoms with E-state index in [-0.39, 0.29) is 0 Å². The van der Waals surface area contributed by atoms with Crippen molar-refractivity contribution in [3.8, 4) is 5.88 Å². The molecule has 88 valence electrons. The van der Waals surface area contributed by atoms with Gasteiger partial charge in [0, 0.05) is 18.3 Å². The van der Waals surface area contributed by atoms with E-state index < -0.39 is 0 Å². The van der Waals surface area contributed by atoms with Crippen LogP contribution in [-0.4, -0.2) is 22.3 Å². The summed E-state index contributed by atoms with van der Waals surface area (Å²) in [5, 5.41) is 11.1. The van der Waals surface area contributed by atoms with Crippen molar-refractivity contribution in [2.75, 3.05) is 12.4 Å². The molecule has 2 rings (SSSR count). The third-order valence-electron chi connectivity index (χ3n) is 2.29. The van der Waals surface area contributed by atoms with Gasteiger partial charge in [-0.3, -0.25) is 0 Å². The van der Waals surface area contributed by atoms with Crippen molar-refractivity contribution in [1.82, 2.24) is 15.2 Å². The average Bonchev–Trinajstić information content (AvgIpc) is 2.37. The SMILES string of the molecule is COc1ncccc1CNc1cc(C)cnn1. The van der Waals surface area contributed by atoms with Crippen LogP contribution in [-0.2, 0) is 6.54 Å². The molecule has 0 atom stereocenters. The summed E-state index contributed by atoms with van der Waals surface area (Å²) in [6, 6.07) is 5.78. The van der Waals surface area contributed by atoms with Crippen LogP contribution in [0, 0.1) is 6.92 Å². The fourth-order valence-corrected chi connectivity index (χ4v) is 1.48. The quantitative estimate of drug-likeness (QED) is 0.867. The summed E-state index contributed by atoms with van der Waals surface area (Å²) in [5.74, 6) is 1.37. The monoisotopic (exact) mass is 230 g/mol. The molecule has 0 amide bonds. The second-order valence-electron chi connectivity index (χ2n) is 3.64. The molecule has 0 bridgehead atoms. The molecular formula is C12H14N4O. The molecule has 0 aromatic carbocycles. The molecule has 0 aliphatic rings. The van der Waals surface area contributed by atoms with E-state index in [0.29, 0.717) is 12.4 Å². The maximum absolute atomic E-state index is 5.17. The highest BCUT2D eigenvalue weighted by atomic mass is 16.5. The maximum Gasteiger partial charge on any atom is 0.218 e. The predicted molar refractivity (Wildman–Crippen MR) is 64.9 cm³/mol. The average molecular weight is 230 g/mol. The Morgan fingerprint density at radius 3 is 3.06 bits per heavy atom. The molecule has 2 aromatic rings. The van der Waals surface area contributed by atoms with Crippen molar-refractivity contribution < 1.29 is 4.74 Å². The molecule has 5 nitrogen and oxygen atoms in total. The number of nitrogens with one attached hydrogen (secondary N) is 1. The van der Waals surface area contributed by atoms with Crippen LogP contribution in [0.5, 0.6) is 5.88 Å². The van der Waals surface area contributed by atoms with Gasteiger partial charge in [0.05, 0.1) is 13.3 Å². The molecule has 2 aromatic heterocycles. The van der Waals surface area contributed by atoms with Gasteiger partial charge in [0.15, 0.2) is 0 Å². The molecule has 1 N–H and O–H groups in total. The van der Waals surface area contributed by atoms with E-state index in [2.05, 4.69) is 20.5 Å². The number of anilines is 1. The normalized spacial score (nSPS) is 10.0. The molecular weight excluding hydrogens is 216 g/mol. The first kappa shape index (κ1) is 11.3. The summed E-state index contributed by atoms with van der Waals surface area (Å²) in [6.07, 6.45) is 3.42. The minimum atomic E-state index is 0.606. The molecule has 0 unspecified atom stereocenters. The number of rotatable bonds is 4. The molecule has 0 spiro atoms. The Hall–Kier alpha value is -2.17. The van der Waals surface area contributed by atoms with Gasteiger partial charge in [-0.2, -0.15) is 5.10 Å². The van der Waals surface area contributed by atoms with Crippen molar-refractivity contribution in [2.45, 2.75) is 13.5 Å². The number of hydrogen-bond donors (Lipinski definition) is 1. The van der Waals surface area contributed by atoms with Gasteiger partial charge in [0.1, 0.15) is 5.82 Å². The highest BCUT2D eigenvalue weighted by Gasteiger charge is 2.03. The first-order valence-electron chi connectivity index (χ1n) is 5.30. The summed E-state index contributed by atoms with van der Waals surface area (Å²) in [4.78, 5) is 4.13. The van der Waals surface area contributed by atoms with Gasteiger partial charge in [0.25, 0.3) is 0 Å². The molecule has 0 saturated heterocycles. The molecule has 0 aliphatic heterocycles. The predicted octanol–water partition coefficient (Wildman–Crippen LogP) is 1.80. The Labute approximate surface area is 99.9 Å². The zero-order valence-electron chi connectivity index (χ0n) is 9.84. The minimum absolute atomic E-state index is 0.606. The van der Waals surface area contributed by atoms with Gasteiger partial charge in [-0.15, -0.1) is 5.10 Å². The Balaban J connectivity index is 2.07.